The Labute approximate surface area is 179 Å². The Balaban J connectivity index is 1.52. The maximum Gasteiger partial charge on any atom is 0.293 e. The number of ether oxygens (including phenoxy) is 1. The Morgan fingerprint density at radius 3 is 2.58 bits per heavy atom. The minimum atomic E-state index is -0.380. The van der Waals surface area contributed by atoms with Crippen LogP contribution in [0.2, 0.25) is 0 Å². The fourth-order valence-electron chi connectivity index (χ4n) is 3.33. The van der Waals surface area contributed by atoms with E-state index < -0.39 is 0 Å². The second-order valence-electron chi connectivity index (χ2n) is 7.11. The molecule has 4 aromatic rings. The van der Waals surface area contributed by atoms with Crippen molar-refractivity contribution in [2.45, 2.75) is 26.4 Å². The maximum absolute atomic E-state index is 12.8. The summed E-state index contributed by atoms with van der Waals surface area (Å²) in [4.78, 5) is 25.3. The Kier molecular flexibility index (Phi) is 5.79. The molecule has 0 bridgehead atoms. The normalized spacial score (nSPS) is 11.9. The van der Waals surface area contributed by atoms with Gasteiger partial charge in [-0.1, -0.05) is 30.3 Å². The van der Waals surface area contributed by atoms with Crippen LogP contribution in [0.5, 0.6) is 5.75 Å². The zero-order valence-corrected chi connectivity index (χ0v) is 17.4. The minimum absolute atomic E-state index is 0.171. The lowest BCUT2D eigenvalue weighted by atomic mass is 10.1. The first-order valence-corrected chi connectivity index (χ1v) is 10.1. The first-order chi connectivity index (χ1) is 15.0. The molecule has 2 aromatic heterocycles. The lowest BCUT2D eigenvalue weighted by Gasteiger charge is -2.14. The van der Waals surface area contributed by atoms with Crippen LogP contribution in [-0.4, -0.2) is 31.9 Å². The molecule has 0 aliphatic carbocycles. The van der Waals surface area contributed by atoms with Crippen LogP contribution < -0.4 is 15.6 Å². The Morgan fingerprint density at radius 1 is 1.13 bits per heavy atom. The smallest absolute Gasteiger partial charge is 0.293 e. The number of fused-ring (bicyclic) bond motifs is 1. The number of hydrogen-bond donors (Lipinski definition) is 1. The predicted octanol–water partition coefficient (Wildman–Crippen LogP) is 2.83. The van der Waals surface area contributed by atoms with Crippen molar-refractivity contribution in [3.05, 3.63) is 82.9 Å². The first-order valence-electron chi connectivity index (χ1n) is 10.1. The lowest BCUT2D eigenvalue weighted by molar-refractivity contribution is -0.122. The molecule has 8 heteroatoms. The van der Waals surface area contributed by atoms with Gasteiger partial charge < -0.3 is 10.1 Å². The molecule has 1 unspecified atom stereocenters. The number of hydrogen-bond acceptors (Lipinski definition) is 5. The van der Waals surface area contributed by atoms with E-state index in [0.29, 0.717) is 17.8 Å². The standard InChI is InChI=1S/C23H23N5O3/c1-3-31-19-11-9-18(10-12-19)20-13-21-23(30)27(24-15-28(21)26-20)14-22(29)25-16(2)17-7-5-4-6-8-17/h4-13,15-16H,3,14H2,1-2H3,(H,25,29). The summed E-state index contributed by atoms with van der Waals surface area (Å²) in [5.74, 6) is 0.483. The van der Waals surface area contributed by atoms with Crippen LogP contribution >= 0.6 is 0 Å². The van der Waals surface area contributed by atoms with Gasteiger partial charge >= 0.3 is 0 Å². The number of carbonyl (C=O) groups is 1. The summed E-state index contributed by atoms with van der Waals surface area (Å²) in [6.07, 6.45) is 1.43. The average molecular weight is 417 g/mol. The molecule has 0 saturated carbocycles. The van der Waals surface area contributed by atoms with E-state index in [-0.39, 0.29) is 24.1 Å². The SMILES string of the molecule is CCOc1ccc(-c2cc3c(=O)n(CC(=O)NC(C)c4ccccc4)ncn3n2)cc1. The van der Waals surface area contributed by atoms with Crippen molar-refractivity contribution in [3.63, 3.8) is 0 Å². The van der Waals surface area contributed by atoms with E-state index in [1.807, 2.05) is 68.4 Å². The Bertz CT molecular complexity index is 1250. The molecule has 0 saturated heterocycles. The van der Waals surface area contributed by atoms with Gasteiger partial charge in [0.1, 0.15) is 24.1 Å². The second kappa shape index (κ2) is 8.83. The fraction of sp³-hybridized carbons (Fsp3) is 0.217. The number of nitrogens with zero attached hydrogens (tertiary/aromatic N) is 4. The van der Waals surface area contributed by atoms with Gasteiger partial charge in [-0.15, -0.1) is 0 Å². The van der Waals surface area contributed by atoms with E-state index in [4.69, 9.17) is 4.74 Å². The van der Waals surface area contributed by atoms with Crippen molar-refractivity contribution >= 4 is 11.4 Å². The summed E-state index contributed by atoms with van der Waals surface area (Å²) in [5, 5.41) is 11.4. The van der Waals surface area contributed by atoms with Crippen LogP contribution in [0.4, 0.5) is 0 Å². The van der Waals surface area contributed by atoms with Gasteiger partial charge in [-0.2, -0.15) is 10.2 Å². The Hall–Kier alpha value is -3.94. The monoisotopic (exact) mass is 417 g/mol. The zero-order chi connectivity index (χ0) is 21.8. The van der Waals surface area contributed by atoms with Gasteiger partial charge in [-0.05, 0) is 49.7 Å². The highest BCUT2D eigenvalue weighted by Gasteiger charge is 2.14. The molecular formula is C23H23N5O3. The predicted molar refractivity (Wildman–Crippen MR) is 117 cm³/mol. The molecular weight excluding hydrogens is 394 g/mol. The zero-order valence-electron chi connectivity index (χ0n) is 17.4. The fourth-order valence-corrected chi connectivity index (χ4v) is 3.33. The summed E-state index contributed by atoms with van der Waals surface area (Å²) < 4.78 is 8.03. The molecule has 0 radical (unpaired) electrons. The van der Waals surface area contributed by atoms with Crippen molar-refractivity contribution in [1.82, 2.24) is 24.7 Å². The van der Waals surface area contributed by atoms with Gasteiger partial charge in [0.05, 0.1) is 18.3 Å². The molecule has 4 rings (SSSR count). The van der Waals surface area contributed by atoms with Crippen LogP contribution in [0.3, 0.4) is 0 Å². The molecule has 2 aromatic carbocycles. The molecule has 0 aliphatic rings. The molecule has 0 aliphatic heterocycles. The first kappa shape index (κ1) is 20.3. The lowest BCUT2D eigenvalue weighted by Crippen LogP contribution is -2.35. The molecule has 1 amide bonds. The van der Waals surface area contributed by atoms with Crippen molar-refractivity contribution in [1.29, 1.82) is 0 Å². The number of benzene rings is 2. The van der Waals surface area contributed by atoms with Crippen molar-refractivity contribution < 1.29 is 9.53 Å². The van der Waals surface area contributed by atoms with Crippen LogP contribution in [0, 0.1) is 0 Å². The summed E-state index contributed by atoms with van der Waals surface area (Å²) in [7, 11) is 0. The molecule has 0 fully saturated rings. The van der Waals surface area contributed by atoms with Crippen LogP contribution in [0.25, 0.3) is 16.8 Å². The molecule has 2 heterocycles. The molecule has 31 heavy (non-hydrogen) atoms. The summed E-state index contributed by atoms with van der Waals surface area (Å²) in [5.41, 5.74) is 2.45. The molecule has 158 valence electrons. The van der Waals surface area contributed by atoms with E-state index >= 15 is 0 Å². The topological polar surface area (TPSA) is 90.5 Å². The molecule has 8 nitrogen and oxygen atoms in total. The molecule has 0 spiro atoms. The highest BCUT2D eigenvalue weighted by molar-refractivity contribution is 5.76. The van der Waals surface area contributed by atoms with Gasteiger partial charge in [0.15, 0.2) is 0 Å². The molecule has 1 N–H and O–H groups in total. The third-order valence-electron chi connectivity index (χ3n) is 4.92. The van der Waals surface area contributed by atoms with Gasteiger partial charge in [0.2, 0.25) is 5.91 Å². The highest BCUT2D eigenvalue weighted by atomic mass is 16.5. The third kappa shape index (κ3) is 4.48. The second-order valence-corrected chi connectivity index (χ2v) is 7.11. The number of nitrogens with one attached hydrogen (secondary N) is 1. The summed E-state index contributed by atoms with van der Waals surface area (Å²) in [6.45, 7) is 4.25. The number of aromatic nitrogens is 4. The quantitative estimate of drug-likeness (QED) is 0.499. The van der Waals surface area contributed by atoms with Crippen molar-refractivity contribution in [2.75, 3.05) is 6.61 Å². The van der Waals surface area contributed by atoms with E-state index in [1.54, 1.807) is 6.07 Å². The van der Waals surface area contributed by atoms with Crippen LogP contribution in [0.15, 0.2) is 71.8 Å². The van der Waals surface area contributed by atoms with Crippen LogP contribution in [-0.2, 0) is 11.3 Å². The number of amides is 1. The van der Waals surface area contributed by atoms with Gasteiger partial charge in [-0.3, -0.25) is 9.59 Å². The van der Waals surface area contributed by atoms with Crippen molar-refractivity contribution in [3.8, 4) is 17.0 Å². The highest BCUT2D eigenvalue weighted by Crippen LogP contribution is 2.21. The van der Waals surface area contributed by atoms with E-state index in [0.717, 1.165) is 21.6 Å². The van der Waals surface area contributed by atoms with E-state index in [2.05, 4.69) is 15.5 Å². The van der Waals surface area contributed by atoms with Gasteiger partial charge in [0.25, 0.3) is 5.56 Å². The number of carbonyl (C=O) groups excluding carboxylic acids is 1. The van der Waals surface area contributed by atoms with Gasteiger partial charge in [0, 0.05) is 5.56 Å². The summed E-state index contributed by atoms with van der Waals surface area (Å²) in [6, 6.07) is 18.6. The average Bonchev–Trinajstić information content (AvgIpc) is 3.22. The minimum Gasteiger partial charge on any atom is -0.494 e. The third-order valence-corrected chi connectivity index (χ3v) is 4.92. The van der Waals surface area contributed by atoms with Gasteiger partial charge in [-0.25, -0.2) is 9.20 Å². The van der Waals surface area contributed by atoms with E-state index in [1.165, 1.54) is 10.8 Å². The van der Waals surface area contributed by atoms with E-state index in [9.17, 15) is 9.59 Å². The largest absolute Gasteiger partial charge is 0.494 e. The van der Waals surface area contributed by atoms with Crippen molar-refractivity contribution in [2.24, 2.45) is 0 Å². The molecule has 1 atom stereocenters. The summed E-state index contributed by atoms with van der Waals surface area (Å²) >= 11 is 0. The number of rotatable bonds is 7. The maximum atomic E-state index is 12.8. The van der Waals surface area contributed by atoms with Crippen LogP contribution in [0.1, 0.15) is 25.5 Å². The Morgan fingerprint density at radius 2 is 1.87 bits per heavy atom.